The molecule has 0 aromatic rings. The van der Waals surface area contributed by atoms with E-state index >= 15 is 0 Å². The highest BCUT2D eigenvalue weighted by atomic mass is 15.3. The number of likely N-dealkylation sites (N-methyl/N-ethyl adjacent to an activating group) is 1. The molecule has 2 unspecified atom stereocenters. The molecule has 110 valence electrons. The lowest BCUT2D eigenvalue weighted by molar-refractivity contribution is 0.237. The average molecular weight is 258 g/mol. The van der Waals surface area contributed by atoms with Crippen LogP contribution in [0.4, 0.5) is 0 Å². The van der Waals surface area contributed by atoms with Crippen LogP contribution in [0.1, 0.15) is 21.3 Å². The number of nitrogens with one attached hydrogen (secondary N) is 1. The Morgan fingerprint density at radius 1 is 0.667 bits per heavy atom. The molecule has 0 amide bonds. The standard InChI is InChI=1S/C11H24N4.C2H6.CH4/c1-13-6-8-14-4-2-12-3-5-15(9-7-13)11-10-14;1-2;/h12H,2-11H2,1H3;1-2H3;1H4. The Kier molecular flexibility index (Phi) is 10.6. The molecule has 2 bridgehead atoms. The summed E-state index contributed by atoms with van der Waals surface area (Å²) < 4.78 is 0. The lowest BCUT2D eigenvalue weighted by Crippen LogP contribution is -2.38. The first-order chi connectivity index (χ1) is 8.34. The van der Waals surface area contributed by atoms with Crippen molar-refractivity contribution in [2.24, 2.45) is 0 Å². The minimum absolute atomic E-state index is 0. The van der Waals surface area contributed by atoms with Crippen molar-refractivity contribution in [2.45, 2.75) is 21.3 Å². The second-order valence-electron chi connectivity index (χ2n) is 4.74. The van der Waals surface area contributed by atoms with Gasteiger partial charge in [0.1, 0.15) is 0 Å². The van der Waals surface area contributed by atoms with E-state index in [1.54, 1.807) is 0 Å². The number of hydrogen-bond donors (Lipinski definition) is 1. The molecule has 0 aromatic carbocycles. The number of rotatable bonds is 0. The fourth-order valence-corrected chi connectivity index (χ4v) is 2.29. The van der Waals surface area contributed by atoms with Crippen LogP contribution in [0.25, 0.3) is 0 Å². The van der Waals surface area contributed by atoms with E-state index in [9.17, 15) is 0 Å². The minimum Gasteiger partial charge on any atom is -0.314 e. The first kappa shape index (κ1) is 17.8. The van der Waals surface area contributed by atoms with Crippen molar-refractivity contribution >= 4 is 0 Å². The van der Waals surface area contributed by atoms with Gasteiger partial charge in [-0.3, -0.25) is 9.80 Å². The van der Waals surface area contributed by atoms with E-state index in [0.29, 0.717) is 0 Å². The summed E-state index contributed by atoms with van der Waals surface area (Å²) in [6.45, 7) is 16.1. The monoisotopic (exact) mass is 258 g/mol. The Morgan fingerprint density at radius 2 is 1.06 bits per heavy atom. The van der Waals surface area contributed by atoms with Gasteiger partial charge in [0.25, 0.3) is 0 Å². The van der Waals surface area contributed by atoms with Crippen LogP contribution in [0, 0.1) is 0 Å². The highest BCUT2D eigenvalue weighted by Gasteiger charge is 2.15. The molecule has 2 fully saturated rings. The molecule has 2 atom stereocenters. The highest BCUT2D eigenvalue weighted by molar-refractivity contribution is 4.73. The molecule has 2 rings (SSSR count). The molecule has 2 saturated heterocycles. The fourth-order valence-electron chi connectivity index (χ4n) is 2.29. The Balaban J connectivity index is 0.000000917. The zero-order valence-electron chi connectivity index (χ0n) is 11.9. The lowest BCUT2D eigenvalue weighted by atomic mass is 10.4. The maximum absolute atomic E-state index is 3.52. The van der Waals surface area contributed by atoms with Gasteiger partial charge in [0.2, 0.25) is 0 Å². The molecule has 0 radical (unpaired) electrons. The molecular formula is C14H34N4. The molecule has 0 aromatic heterocycles. The number of fused-ring (bicyclic) bond motifs is 3. The number of nitrogens with zero attached hydrogens (tertiary/aromatic N) is 3. The van der Waals surface area contributed by atoms with Gasteiger partial charge in [-0.1, -0.05) is 21.3 Å². The van der Waals surface area contributed by atoms with E-state index in [1.807, 2.05) is 13.8 Å². The highest BCUT2D eigenvalue weighted by Crippen LogP contribution is 1.99. The van der Waals surface area contributed by atoms with Gasteiger partial charge in [-0.05, 0) is 7.05 Å². The Labute approximate surface area is 114 Å². The smallest absolute Gasteiger partial charge is 0.0110 e. The molecule has 4 nitrogen and oxygen atoms in total. The van der Waals surface area contributed by atoms with Gasteiger partial charge in [0.15, 0.2) is 0 Å². The summed E-state index contributed by atoms with van der Waals surface area (Å²) in [5.41, 5.74) is 0. The van der Waals surface area contributed by atoms with E-state index in [2.05, 4.69) is 27.1 Å². The van der Waals surface area contributed by atoms with E-state index in [-0.39, 0.29) is 7.43 Å². The summed E-state index contributed by atoms with van der Waals surface area (Å²) in [5.74, 6) is 0. The first-order valence-corrected chi connectivity index (χ1v) is 7.18. The van der Waals surface area contributed by atoms with Gasteiger partial charge in [-0.25, -0.2) is 0 Å². The SMILES string of the molecule is C.CC.CN1CCN2CCNCCN(CC1)CC2. The van der Waals surface area contributed by atoms with Gasteiger partial charge in [-0.2, -0.15) is 0 Å². The zero-order valence-corrected chi connectivity index (χ0v) is 11.9. The van der Waals surface area contributed by atoms with Gasteiger partial charge < -0.3 is 10.2 Å². The van der Waals surface area contributed by atoms with Crippen LogP contribution in [0.5, 0.6) is 0 Å². The van der Waals surface area contributed by atoms with Crippen molar-refractivity contribution in [2.75, 3.05) is 72.5 Å². The van der Waals surface area contributed by atoms with Crippen molar-refractivity contribution < 1.29 is 0 Å². The predicted octanol–water partition coefficient (Wildman–Crippen LogP) is 0.801. The van der Waals surface area contributed by atoms with Crippen LogP contribution in [-0.4, -0.2) is 87.2 Å². The van der Waals surface area contributed by atoms with Crippen LogP contribution in [-0.2, 0) is 0 Å². The van der Waals surface area contributed by atoms with Gasteiger partial charge in [0, 0.05) is 65.4 Å². The predicted molar refractivity (Wildman–Crippen MR) is 81.3 cm³/mol. The first-order valence-electron chi connectivity index (χ1n) is 7.18. The van der Waals surface area contributed by atoms with Gasteiger partial charge >= 0.3 is 0 Å². The third-order valence-electron chi connectivity index (χ3n) is 3.54. The van der Waals surface area contributed by atoms with Crippen LogP contribution >= 0.6 is 0 Å². The molecule has 18 heavy (non-hydrogen) atoms. The van der Waals surface area contributed by atoms with Gasteiger partial charge in [-0.15, -0.1) is 0 Å². The molecule has 2 aliphatic rings. The van der Waals surface area contributed by atoms with E-state index in [0.717, 1.165) is 13.1 Å². The zero-order chi connectivity index (χ0) is 12.5. The van der Waals surface area contributed by atoms with Crippen LogP contribution < -0.4 is 5.32 Å². The normalized spacial score (nSPS) is 30.2. The molecule has 4 heteroatoms. The second kappa shape index (κ2) is 10.7. The van der Waals surface area contributed by atoms with Crippen molar-refractivity contribution in [3.8, 4) is 0 Å². The molecule has 2 heterocycles. The van der Waals surface area contributed by atoms with Crippen molar-refractivity contribution in [3.05, 3.63) is 0 Å². The Morgan fingerprint density at radius 3 is 1.50 bits per heavy atom. The van der Waals surface area contributed by atoms with Crippen LogP contribution in [0.3, 0.4) is 0 Å². The Bertz CT molecular complexity index is 169. The largest absolute Gasteiger partial charge is 0.314 e. The lowest BCUT2D eigenvalue weighted by Gasteiger charge is -2.23. The maximum atomic E-state index is 3.52. The maximum Gasteiger partial charge on any atom is 0.0110 e. The minimum atomic E-state index is 0. The molecule has 2 aliphatic heterocycles. The summed E-state index contributed by atoms with van der Waals surface area (Å²) in [4.78, 5) is 7.64. The average Bonchev–Trinajstić information content (AvgIpc) is 2.52. The summed E-state index contributed by atoms with van der Waals surface area (Å²) >= 11 is 0. The topological polar surface area (TPSA) is 21.8 Å². The third kappa shape index (κ3) is 6.69. The third-order valence-corrected chi connectivity index (χ3v) is 3.54. The summed E-state index contributed by atoms with van der Waals surface area (Å²) in [6, 6.07) is 0. The molecule has 0 saturated carbocycles. The summed E-state index contributed by atoms with van der Waals surface area (Å²) in [5, 5.41) is 3.52. The Hall–Kier alpha value is -0.160. The van der Waals surface area contributed by atoms with E-state index in [1.165, 1.54) is 52.4 Å². The second-order valence-corrected chi connectivity index (χ2v) is 4.74. The molecule has 1 N–H and O–H groups in total. The quantitative estimate of drug-likeness (QED) is 0.694. The molecular weight excluding hydrogens is 224 g/mol. The van der Waals surface area contributed by atoms with Crippen molar-refractivity contribution in [3.63, 3.8) is 0 Å². The van der Waals surface area contributed by atoms with Crippen LogP contribution in [0.2, 0.25) is 0 Å². The summed E-state index contributed by atoms with van der Waals surface area (Å²) in [7, 11) is 2.24. The fraction of sp³-hybridized carbons (Fsp3) is 1.00. The number of hydrogen-bond acceptors (Lipinski definition) is 4. The van der Waals surface area contributed by atoms with Crippen molar-refractivity contribution in [1.82, 2.24) is 20.0 Å². The van der Waals surface area contributed by atoms with E-state index < -0.39 is 0 Å². The van der Waals surface area contributed by atoms with E-state index in [4.69, 9.17) is 0 Å². The van der Waals surface area contributed by atoms with Gasteiger partial charge in [0.05, 0.1) is 0 Å². The molecule has 0 aliphatic carbocycles. The summed E-state index contributed by atoms with van der Waals surface area (Å²) in [6.07, 6.45) is 0. The van der Waals surface area contributed by atoms with Crippen molar-refractivity contribution in [1.29, 1.82) is 0 Å². The molecule has 0 spiro atoms. The van der Waals surface area contributed by atoms with Crippen LogP contribution in [0.15, 0.2) is 0 Å².